The molecule has 1 heterocycles. The smallest absolute Gasteiger partial charge is 0.256 e. The van der Waals surface area contributed by atoms with Gasteiger partial charge in [-0.2, -0.15) is 9.82 Å². The molecule has 0 saturated heterocycles. The topological polar surface area (TPSA) is 104 Å². The molecule has 148 valence electrons. The molecular formula is C20H24N4O3S. The molecule has 0 unspecified atom stereocenters. The van der Waals surface area contributed by atoms with Crippen LogP contribution < -0.4 is 10.0 Å². The Bertz CT molecular complexity index is 952. The van der Waals surface area contributed by atoms with Crippen LogP contribution in [0.5, 0.6) is 0 Å². The summed E-state index contributed by atoms with van der Waals surface area (Å²) in [5.41, 5.74) is 1.36. The molecule has 1 aliphatic carbocycles. The molecule has 28 heavy (non-hydrogen) atoms. The van der Waals surface area contributed by atoms with Gasteiger partial charge in [0.15, 0.2) is 5.82 Å². The van der Waals surface area contributed by atoms with Crippen LogP contribution in [0, 0.1) is 18.3 Å². The Labute approximate surface area is 165 Å². The zero-order valence-corrected chi connectivity index (χ0v) is 16.4. The van der Waals surface area contributed by atoms with Crippen molar-refractivity contribution in [2.24, 2.45) is 5.92 Å². The molecule has 0 spiro atoms. The van der Waals surface area contributed by atoms with Gasteiger partial charge in [-0.25, -0.2) is 8.42 Å². The standard InChI is InChI=1S/C20H24N4O3S/c1-2-12-21-28(26,27)18-10-8-16(9-11-18)20(25)22-19-14-17(23-24-19)13-15-6-4-3-5-7-15/h1,8-11,14-15,21H,3-7,12-13H2,(H2,22,23,24,25). The summed E-state index contributed by atoms with van der Waals surface area (Å²) in [6.07, 6.45) is 12.4. The number of hydrogen-bond donors (Lipinski definition) is 3. The van der Waals surface area contributed by atoms with E-state index in [1.807, 2.05) is 6.07 Å². The van der Waals surface area contributed by atoms with E-state index in [2.05, 4.69) is 26.2 Å². The van der Waals surface area contributed by atoms with Gasteiger partial charge >= 0.3 is 0 Å². The number of hydrogen-bond acceptors (Lipinski definition) is 4. The van der Waals surface area contributed by atoms with Crippen LogP contribution >= 0.6 is 0 Å². The largest absolute Gasteiger partial charge is 0.305 e. The normalized spacial score (nSPS) is 15.1. The average Bonchev–Trinajstić information content (AvgIpc) is 3.14. The van der Waals surface area contributed by atoms with E-state index in [0.29, 0.717) is 17.3 Å². The Morgan fingerprint density at radius 3 is 2.61 bits per heavy atom. The van der Waals surface area contributed by atoms with Gasteiger partial charge in [0.05, 0.1) is 11.4 Å². The van der Waals surface area contributed by atoms with Crippen LogP contribution in [0.2, 0.25) is 0 Å². The molecule has 0 bridgehead atoms. The van der Waals surface area contributed by atoms with Crippen molar-refractivity contribution >= 4 is 21.7 Å². The van der Waals surface area contributed by atoms with Crippen molar-refractivity contribution < 1.29 is 13.2 Å². The Morgan fingerprint density at radius 1 is 1.21 bits per heavy atom. The minimum atomic E-state index is -3.68. The van der Waals surface area contributed by atoms with Gasteiger partial charge in [-0.1, -0.05) is 38.0 Å². The highest BCUT2D eigenvalue weighted by Gasteiger charge is 2.17. The van der Waals surface area contributed by atoms with E-state index in [1.54, 1.807) is 0 Å². The number of carbonyl (C=O) groups excluding carboxylic acids is 1. The van der Waals surface area contributed by atoms with Crippen molar-refractivity contribution in [2.75, 3.05) is 11.9 Å². The molecule has 1 aliphatic rings. The zero-order valence-electron chi connectivity index (χ0n) is 15.6. The molecule has 0 atom stereocenters. The van der Waals surface area contributed by atoms with Gasteiger partial charge in [0.2, 0.25) is 10.0 Å². The Balaban J connectivity index is 1.59. The lowest BCUT2D eigenvalue weighted by Gasteiger charge is -2.20. The van der Waals surface area contributed by atoms with Crippen LogP contribution in [0.4, 0.5) is 5.82 Å². The van der Waals surface area contributed by atoms with Crippen LogP contribution in [0.25, 0.3) is 0 Å². The average molecular weight is 401 g/mol. The molecular weight excluding hydrogens is 376 g/mol. The number of terminal acetylenes is 1. The molecule has 1 aromatic carbocycles. The first kappa shape index (κ1) is 20.1. The van der Waals surface area contributed by atoms with Crippen LogP contribution in [-0.4, -0.2) is 31.1 Å². The number of rotatable bonds is 7. The van der Waals surface area contributed by atoms with E-state index in [-0.39, 0.29) is 17.3 Å². The molecule has 2 aromatic rings. The number of aromatic amines is 1. The van der Waals surface area contributed by atoms with E-state index in [9.17, 15) is 13.2 Å². The first-order valence-electron chi connectivity index (χ1n) is 9.37. The highest BCUT2D eigenvalue weighted by molar-refractivity contribution is 7.89. The SMILES string of the molecule is C#CCNS(=O)(=O)c1ccc(C(=O)Nc2cc(CC3CCCCC3)[nH]n2)cc1. The van der Waals surface area contributed by atoms with Gasteiger partial charge in [0.25, 0.3) is 5.91 Å². The van der Waals surface area contributed by atoms with Crippen molar-refractivity contribution in [3.63, 3.8) is 0 Å². The van der Waals surface area contributed by atoms with Gasteiger partial charge < -0.3 is 5.32 Å². The number of nitrogens with zero attached hydrogens (tertiary/aromatic N) is 1. The van der Waals surface area contributed by atoms with E-state index >= 15 is 0 Å². The fraction of sp³-hybridized carbons (Fsp3) is 0.400. The second-order valence-electron chi connectivity index (χ2n) is 6.99. The fourth-order valence-electron chi connectivity index (χ4n) is 3.43. The second-order valence-corrected chi connectivity index (χ2v) is 8.76. The van der Waals surface area contributed by atoms with Gasteiger partial charge in [-0.15, -0.1) is 6.42 Å². The van der Waals surface area contributed by atoms with Gasteiger partial charge in [0.1, 0.15) is 0 Å². The zero-order chi connectivity index (χ0) is 20.0. The molecule has 7 nitrogen and oxygen atoms in total. The van der Waals surface area contributed by atoms with E-state index in [4.69, 9.17) is 6.42 Å². The molecule has 1 saturated carbocycles. The lowest BCUT2D eigenvalue weighted by atomic mass is 9.86. The van der Waals surface area contributed by atoms with E-state index < -0.39 is 10.0 Å². The maximum atomic E-state index is 12.4. The van der Waals surface area contributed by atoms with Crippen LogP contribution in [0.15, 0.2) is 35.2 Å². The maximum Gasteiger partial charge on any atom is 0.256 e. The summed E-state index contributed by atoms with van der Waals surface area (Å²) in [6, 6.07) is 7.50. The van der Waals surface area contributed by atoms with Crippen molar-refractivity contribution in [1.29, 1.82) is 0 Å². The molecule has 1 amide bonds. The van der Waals surface area contributed by atoms with Crippen molar-refractivity contribution in [3.05, 3.63) is 41.6 Å². The summed E-state index contributed by atoms with van der Waals surface area (Å²) in [4.78, 5) is 12.4. The number of sulfonamides is 1. The van der Waals surface area contributed by atoms with Gasteiger partial charge in [0, 0.05) is 17.3 Å². The predicted molar refractivity (Wildman–Crippen MR) is 107 cm³/mol. The molecule has 1 fully saturated rings. The van der Waals surface area contributed by atoms with Gasteiger partial charge in [-0.3, -0.25) is 9.89 Å². The van der Waals surface area contributed by atoms with Gasteiger partial charge in [-0.05, 0) is 36.6 Å². The predicted octanol–water partition coefficient (Wildman–Crippen LogP) is 2.70. The van der Waals surface area contributed by atoms with Crippen LogP contribution in [-0.2, 0) is 16.4 Å². The number of H-pyrrole nitrogens is 1. The Morgan fingerprint density at radius 2 is 1.93 bits per heavy atom. The summed E-state index contributed by atoms with van der Waals surface area (Å²) < 4.78 is 26.3. The third-order valence-electron chi connectivity index (χ3n) is 4.90. The molecule has 1 aromatic heterocycles. The summed E-state index contributed by atoms with van der Waals surface area (Å²) in [5.74, 6) is 3.00. The number of amides is 1. The first-order chi connectivity index (χ1) is 13.5. The van der Waals surface area contributed by atoms with E-state index in [1.165, 1.54) is 56.4 Å². The minimum Gasteiger partial charge on any atom is -0.305 e. The number of carbonyl (C=O) groups is 1. The molecule has 0 radical (unpaired) electrons. The molecule has 3 rings (SSSR count). The third-order valence-corrected chi connectivity index (χ3v) is 6.31. The second kappa shape index (κ2) is 9.04. The summed E-state index contributed by atoms with van der Waals surface area (Å²) in [6.45, 7) is -0.0904. The number of anilines is 1. The monoisotopic (exact) mass is 400 g/mol. The number of aromatic nitrogens is 2. The van der Waals surface area contributed by atoms with Crippen molar-refractivity contribution in [2.45, 2.75) is 43.4 Å². The Hall–Kier alpha value is -2.63. The van der Waals surface area contributed by atoms with Crippen molar-refractivity contribution in [1.82, 2.24) is 14.9 Å². The highest BCUT2D eigenvalue weighted by atomic mass is 32.2. The highest BCUT2D eigenvalue weighted by Crippen LogP contribution is 2.26. The quantitative estimate of drug-likeness (QED) is 0.622. The van der Waals surface area contributed by atoms with E-state index in [0.717, 1.165) is 12.1 Å². The number of nitrogens with one attached hydrogen (secondary N) is 3. The van der Waals surface area contributed by atoms with Crippen LogP contribution in [0.1, 0.15) is 48.2 Å². The summed E-state index contributed by atoms with van der Waals surface area (Å²) in [7, 11) is -3.68. The fourth-order valence-corrected chi connectivity index (χ4v) is 4.36. The number of benzene rings is 1. The molecule has 0 aliphatic heterocycles. The maximum absolute atomic E-state index is 12.4. The minimum absolute atomic E-state index is 0.0498. The van der Waals surface area contributed by atoms with Crippen LogP contribution in [0.3, 0.4) is 0 Å². The third kappa shape index (κ3) is 5.21. The molecule has 3 N–H and O–H groups in total. The first-order valence-corrected chi connectivity index (χ1v) is 10.8. The summed E-state index contributed by atoms with van der Waals surface area (Å²) >= 11 is 0. The lowest BCUT2D eigenvalue weighted by molar-refractivity contribution is 0.102. The Kier molecular flexibility index (Phi) is 6.49. The summed E-state index contributed by atoms with van der Waals surface area (Å²) in [5, 5.41) is 9.88. The van der Waals surface area contributed by atoms with Crippen molar-refractivity contribution in [3.8, 4) is 12.3 Å². The lowest BCUT2D eigenvalue weighted by Crippen LogP contribution is -2.24. The molecule has 8 heteroatoms.